The van der Waals surface area contributed by atoms with Crippen LogP contribution in [0.3, 0.4) is 0 Å². The fourth-order valence-corrected chi connectivity index (χ4v) is 1.47. The lowest BCUT2D eigenvalue weighted by Crippen LogP contribution is -2.47. The van der Waals surface area contributed by atoms with Crippen LogP contribution in [0.15, 0.2) is 12.2 Å². The average Bonchev–Trinajstić information content (AvgIpc) is 2.34. The van der Waals surface area contributed by atoms with Crippen molar-refractivity contribution in [2.75, 3.05) is 6.79 Å². The molecule has 0 saturated carbocycles. The lowest BCUT2D eigenvalue weighted by atomic mass is 9.89. The predicted octanol–water partition coefficient (Wildman–Crippen LogP) is 0.647. The van der Waals surface area contributed by atoms with E-state index in [1.54, 1.807) is 13.0 Å². The monoisotopic (exact) mass is 154 g/mol. The number of ether oxygens (including phenoxy) is 2. The van der Waals surface area contributed by atoms with E-state index >= 15 is 0 Å². The van der Waals surface area contributed by atoms with Crippen LogP contribution in [0.1, 0.15) is 13.8 Å². The fraction of sp³-hybridized carbons (Fsp3) is 0.625. The molecule has 2 aliphatic rings. The van der Waals surface area contributed by atoms with Crippen LogP contribution in [0.5, 0.6) is 0 Å². The molecule has 0 N–H and O–H groups in total. The van der Waals surface area contributed by atoms with E-state index < -0.39 is 11.2 Å². The number of rotatable bonds is 0. The van der Waals surface area contributed by atoms with Crippen LogP contribution in [0.25, 0.3) is 0 Å². The van der Waals surface area contributed by atoms with E-state index in [0.29, 0.717) is 0 Å². The first-order chi connectivity index (χ1) is 5.08. The fourth-order valence-electron chi connectivity index (χ4n) is 1.47. The maximum Gasteiger partial charge on any atom is 0.190 e. The Bertz CT molecular complexity index is 246. The maximum atomic E-state index is 11.3. The Hall–Kier alpha value is -0.670. The van der Waals surface area contributed by atoms with Crippen LogP contribution in [0.4, 0.5) is 0 Å². The number of carbonyl (C=O) groups is 1. The van der Waals surface area contributed by atoms with Gasteiger partial charge in [0.15, 0.2) is 11.4 Å². The second-order valence-corrected chi connectivity index (χ2v) is 3.24. The van der Waals surface area contributed by atoms with Gasteiger partial charge in [-0.05, 0) is 26.0 Å². The summed E-state index contributed by atoms with van der Waals surface area (Å²) >= 11 is 0. The molecule has 11 heavy (non-hydrogen) atoms. The molecule has 3 nitrogen and oxygen atoms in total. The minimum absolute atomic E-state index is 0.00231. The van der Waals surface area contributed by atoms with Gasteiger partial charge in [-0.2, -0.15) is 0 Å². The SMILES string of the molecule is CC12C=CC(=O)C1(C)OCO2. The molecule has 60 valence electrons. The minimum atomic E-state index is -0.771. The highest BCUT2D eigenvalue weighted by Crippen LogP contribution is 2.41. The first kappa shape index (κ1) is 7.00. The van der Waals surface area contributed by atoms with Crippen molar-refractivity contribution in [1.82, 2.24) is 0 Å². The van der Waals surface area contributed by atoms with Crippen LogP contribution in [0.2, 0.25) is 0 Å². The Morgan fingerprint density at radius 1 is 1.45 bits per heavy atom. The summed E-state index contributed by atoms with van der Waals surface area (Å²) in [5, 5.41) is 0. The van der Waals surface area contributed by atoms with Crippen molar-refractivity contribution in [3.8, 4) is 0 Å². The van der Waals surface area contributed by atoms with Gasteiger partial charge in [0.25, 0.3) is 0 Å². The third-order valence-electron chi connectivity index (χ3n) is 2.68. The van der Waals surface area contributed by atoms with E-state index in [0.717, 1.165) is 0 Å². The van der Waals surface area contributed by atoms with Gasteiger partial charge in [0, 0.05) is 0 Å². The van der Waals surface area contributed by atoms with Gasteiger partial charge in [0.2, 0.25) is 0 Å². The summed E-state index contributed by atoms with van der Waals surface area (Å²) in [4.78, 5) is 11.3. The smallest absolute Gasteiger partial charge is 0.190 e. The van der Waals surface area contributed by atoms with Gasteiger partial charge in [0.1, 0.15) is 12.4 Å². The molecule has 0 radical (unpaired) electrons. The lowest BCUT2D eigenvalue weighted by Gasteiger charge is -2.27. The summed E-state index contributed by atoms with van der Waals surface area (Å²) in [5.41, 5.74) is -1.31. The largest absolute Gasteiger partial charge is 0.342 e. The van der Waals surface area contributed by atoms with Gasteiger partial charge in [0.05, 0.1) is 0 Å². The van der Waals surface area contributed by atoms with E-state index in [9.17, 15) is 4.79 Å². The van der Waals surface area contributed by atoms with Crippen molar-refractivity contribution in [3.05, 3.63) is 12.2 Å². The van der Waals surface area contributed by atoms with Gasteiger partial charge in [-0.3, -0.25) is 4.79 Å². The highest BCUT2D eigenvalue weighted by Gasteiger charge is 2.57. The molecule has 0 bridgehead atoms. The molecule has 0 aromatic carbocycles. The zero-order chi connectivity index (χ0) is 8.11. The highest BCUT2D eigenvalue weighted by molar-refractivity contribution is 6.01. The zero-order valence-electron chi connectivity index (χ0n) is 6.59. The summed E-state index contributed by atoms with van der Waals surface area (Å²) < 4.78 is 10.6. The molecule has 3 heteroatoms. The topological polar surface area (TPSA) is 35.5 Å². The molecular formula is C8H10O3. The highest BCUT2D eigenvalue weighted by atomic mass is 16.7. The van der Waals surface area contributed by atoms with Gasteiger partial charge >= 0.3 is 0 Å². The number of hydrogen-bond donors (Lipinski definition) is 0. The number of hydrogen-bond acceptors (Lipinski definition) is 3. The molecule has 1 aliphatic heterocycles. The number of fused-ring (bicyclic) bond motifs is 1. The third kappa shape index (κ3) is 0.625. The molecule has 0 aromatic rings. The van der Waals surface area contributed by atoms with E-state index in [-0.39, 0.29) is 12.6 Å². The molecule has 0 aromatic heterocycles. The number of carbonyl (C=O) groups excluding carboxylic acids is 1. The molecule has 1 aliphatic carbocycles. The Balaban J connectivity index is 2.48. The Kier molecular flexibility index (Phi) is 1.10. The number of ketones is 1. The summed E-state index contributed by atoms with van der Waals surface area (Å²) in [6, 6.07) is 0. The Morgan fingerprint density at radius 2 is 2.18 bits per heavy atom. The van der Waals surface area contributed by atoms with E-state index in [2.05, 4.69) is 0 Å². The molecule has 1 saturated heterocycles. The Labute approximate surface area is 65.0 Å². The van der Waals surface area contributed by atoms with E-state index in [4.69, 9.17) is 9.47 Å². The molecule has 0 amide bonds. The molecule has 1 heterocycles. The van der Waals surface area contributed by atoms with Crippen molar-refractivity contribution in [2.45, 2.75) is 25.0 Å². The molecule has 1 fully saturated rings. The standard InChI is InChI=1S/C8H10O3/c1-7-4-3-6(9)8(7,2)11-5-10-7/h3-4H,5H2,1-2H3. The third-order valence-corrected chi connectivity index (χ3v) is 2.68. The minimum Gasteiger partial charge on any atom is -0.342 e. The summed E-state index contributed by atoms with van der Waals surface area (Å²) in [6.07, 6.45) is 3.29. The average molecular weight is 154 g/mol. The summed E-state index contributed by atoms with van der Waals surface area (Å²) in [5.74, 6) is -0.00231. The Morgan fingerprint density at radius 3 is 2.82 bits per heavy atom. The van der Waals surface area contributed by atoms with Gasteiger partial charge in [-0.1, -0.05) is 0 Å². The van der Waals surface area contributed by atoms with Gasteiger partial charge in [-0.15, -0.1) is 0 Å². The summed E-state index contributed by atoms with van der Waals surface area (Å²) in [7, 11) is 0. The quantitative estimate of drug-likeness (QED) is 0.513. The van der Waals surface area contributed by atoms with E-state index in [1.165, 1.54) is 6.08 Å². The van der Waals surface area contributed by atoms with Crippen LogP contribution < -0.4 is 0 Å². The first-order valence-corrected chi connectivity index (χ1v) is 3.60. The van der Waals surface area contributed by atoms with Crippen LogP contribution in [0, 0.1) is 0 Å². The summed E-state index contributed by atoms with van der Waals surface area (Å²) in [6.45, 7) is 3.84. The van der Waals surface area contributed by atoms with Gasteiger partial charge < -0.3 is 9.47 Å². The molecule has 2 rings (SSSR count). The van der Waals surface area contributed by atoms with Crippen molar-refractivity contribution >= 4 is 5.78 Å². The second kappa shape index (κ2) is 1.73. The van der Waals surface area contributed by atoms with Crippen molar-refractivity contribution in [3.63, 3.8) is 0 Å². The molecular weight excluding hydrogens is 144 g/mol. The maximum absolute atomic E-state index is 11.3. The van der Waals surface area contributed by atoms with Crippen molar-refractivity contribution < 1.29 is 14.3 Å². The van der Waals surface area contributed by atoms with Crippen molar-refractivity contribution in [2.24, 2.45) is 0 Å². The first-order valence-electron chi connectivity index (χ1n) is 3.60. The normalized spacial score (nSPS) is 48.4. The molecule has 2 unspecified atom stereocenters. The van der Waals surface area contributed by atoms with Crippen molar-refractivity contribution in [1.29, 1.82) is 0 Å². The second-order valence-electron chi connectivity index (χ2n) is 3.24. The zero-order valence-corrected chi connectivity index (χ0v) is 6.59. The van der Waals surface area contributed by atoms with Gasteiger partial charge in [-0.25, -0.2) is 0 Å². The van der Waals surface area contributed by atoms with Crippen LogP contribution >= 0.6 is 0 Å². The van der Waals surface area contributed by atoms with E-state index in [1.807, 2.05) is 6.92 Å². The van der Waals surface area contributed by atoms with Crippen LogP contribution in [-0.2, 0) is 14.3 Å². The lowest BCUT2D eigenvalue weighted by molar-refractivity contribution is -0.132. The molecule has 0 spiro atoms. The van der Waals surface area contributed by atoms with Crippen LogP contribution in [-0.4, -0.2) is 23.8 Å². The predicted molar refractivity (Wildman–Crippen MR) is 38.0 cm³/mol. The molecule has 2 atom stereocenters.